The number of nitrogens with zero attached hydrogens (tertiary/aromatic N) is 1. The summed E-state index contributed by atoms with van der Waals surface area (Å²) < 4.78 is 4.94. The Morgan fingerprint density at radius 3 is 2.47 bits per heavy atom. The normalized spacial score (nSPS) is 9.87. The first-order chi connectivity index (χ1) is 6.99. The Morgan fingerprint density at radius 2 is 2.00 bits per heavy atom. The van der Waals surface area contributed by atoms with Crippen molar-refractivity contribution >= 4 is 35.0 Å². The monoisotopic (exact) mass is 249 g/mol. The zero-order valence-electron chi connectivity index (χ0n) is 8.12. The molecule has 1 rings (SSSR count). The first-order valence-electron chi connectivity index (χ1n) is 3.97. The number of halogens is 2. The number of hydrogen-bond acceptors (Lipinski definition) is 2. The molecule has 0 radical (unpaired) electrons. The molecule has 15 heavy (non-hydrogen) atoms. The molecule has 1 aromatic rings. The van der Waals surface area contributed by atoms with Gasteiger partial charge < -0.3 is 9.84 Å². The van der Waals surface area contributed by atoms with E-state index in [1.54, 1.807) is 6.07 Å². The average molecular weight is 250 g/mol. The first kappa shape index (κ1) is 11.9. The van der Waals surface area contributed by atoms with Gasteiger partial charge in [0.2, 0.25) is 0 Å². The fraction of sp³-hybridized carbons (Fsp3) is 0.222. The van der Waals surface area contributed by atoms with E-state index in [0.717, 1.165) is 4.90 Å². The highest BCUT2D eigenvalue weighted by Crippen LogP contribution is 2.38. The van der Waals surface area contributed by atoms with Crippen LogP contribution in [0.15, 0.2) is 12.1 Å². The predicted octanol–water partition coefficient (Wildman–Crippen LogP) is 3.12. The first-order valence-corrected chi connectivity index (χ1v) is 4.73. The number of carboxylic acid groups (broad SMARTS) is 1. The maximum absolute atomic E-state index is 10.7. The molecular weight excluding hydrogens is 241 g/mol. The summed E-state index contributed by atoms with van der Waals surface area (Å²) in [6.45, 7) is 0. The molecular formula is C9H9Cl2NO3. The standard InChI is InChI=1S/C9H9Cl2NO3/c1-12(9(13)14)5-3-4-6(15-2)8(11)7(5)10/h3-4H,1-2H3,(H,13,14). The zero-order valence-corrected chi connectivity index (χ0v) is 9.63. The number of ether oxygens (including phenoxy) is 1. The summed E-state index contributed by atoms with van der Waals surface area (Å²) in [7, 11) is 2.84. The molecule has 4 nitrogen and oxygen atoms in total. The summed E-state index contributed by atoms with van der Waals surface area (Å²) in [6.07, 6.45) is -1.11. The van der Waals surface area contributed by atoms with Crippen molar-refractivity contribution in [3.05, 3.63) is 22.2 Å². The van der Waals surface area contributed by atoms with E-state index in [1.165, 1.54) is 20.2 Å². The Hall–Kier alpha value is -1.13. The molecule has 0 unspecified atom stereocenters. The van der Waals surface area contributed by atoms with E-state index < -0.39 is 6.09 Å². The quantitative estimate of drug-likeness (QED) is 0.877. The highest BCUT2D eigenvalue weighted by molar-refractivity contribution is 6.44. The van der Waals surface area contributed by atoms with Crippen molar-refractivity contribution in [2.24, 2.45) is 0 Å². The molecule has 0 saturated carbocycles. The molecule has 0 aliphatic carbocycles. The van der Waals surface area contributed by atoms with Crippen LogP contribution in [0.2, 0.25) is 10.0 Å². The molecule has 0 saturated heterocycles. The van der Waals surface area contributed by atoms with Crippen molar-refractivity contribution in [3.8, 4) is 5.75 Å². The Balaban J connectivity index is 3.23. The van der Waals surface area contributed by atoms with Crippen LogP contribution in [0.3, 0.4) is 0 Å². The number of anilines is 1. The maximum atomic E-state index is 10.7. The van der Waals surface area contributed by atoms with Gasteiger partial charge in [-0.3, -0.25) is 4.90 Å². The lowest BCUT2D eigenvalue weighted by Crippen LogP contribution is -2.24. The molecule has 0 atom stereocenters. The number of methoxy groups -OCH3 is 1. The van der Waals surface area contributed by atoms with Gasteiger partial charge in [0.05, 0.1) is 17.8 Å². The molecule has 0 aliphatic rings. The van der Waals surface area contributed by atoms with Crippen molar-refractivity contribution in [3.63, 3.8) is 0 Å². The van der Waals surface area contributed by atoms with E-state index in [2.05, 4.69) is 0 Å². The lowest BCUT2D eigenvalue weighted by atomic mass is 10.3. The second kappa shape index (κ2) is 4.59. The molecule has 0 aromatic heterocycles. The fourth-order valence-electron chi connectivity index (χ4n) is 1.04. The van der Waals surface area contributed by atoms with E-state index in [0.29, 0.717) is 11.4 Å². The zero-order chi connectivity index (χ0) is 11.6. The van der Waals surface area contributed by atoms with Crippen molar-refractivity contribution in [2.45, 2.75) is 0 Å². The van der Waals surface area contributed by atoms with Crippen LogP contribution in [0, 0.1) is 0 Å². The SMILES string of the molecule is COc1ccc(N(C)C(=O)O)c(Cl)c1Cl. The van der Waals surface area contributed by atoms with Crippen molar-refractivity contribution < 1.29 is 14.6 Å². The summed E-state index contributed by atoms with van der Waals surface area (Å²) in [5.41, 5.74) is 0.315. The van der Waals surface area contributed by atoms with E-state index in [4.69, 9.17) is 33.0 Å². The van der Waals surface area contributed by atoms with Crippen molar-refractivity contribution in [2.75, 3.05) is 19.1 Å². The van der Waals surface area contributed by atoms with Gasteiger partial charge in [-0.1, -0.05) is 23.2 Å². The minimum atomic E-state index is -1.11. The van der Waals surface area contributed by atoms with Crippen LogP contribution < -0.4 is 9.64 Å². The Labute approximate surface area is 97.0 Å². The summed E-state index contributed by atoms with van der Waals surface area (Å²) >= 11 is 11.8. The van der Waals surface area contributed by atoms with Gasteiger partial charge in [0.1, 0.15) is 10.8 Å². The smallest absolute Gasteiger partial charge is 0.411 e. The molecule has 0 spiro atoms. The molecule has 0 heterocycles. The van der Waals surface area contributed by atoms with Gasteiger partial charge >= 0.3 is 6.09 Å². The Bertz CT molecular complexity index is 395. The number of benzene rings is 1. The summed E-state index contributed by atoms with van der Waals surface area (Å²) in [5.74, 6) is 0.407. The lowest BCUT2D eigenvalue weighted by Gasteiger charge is -2.16. The van der Waals surface area contributed by atoms with E-state index >= 15 is 0 Å². The molecule has 0 bridgehead atoms. The van der Waals surface area contributed by atoms with Gasteiger partial charge in [0.15, 0.2) is 0 Å². The van der Waals surface area contributed by atoms with Crippen LogP contribution in [0.5, 0.6) is 5.75 Å². The van der Waals surface area contributed by atoms with Crippen LogP contribution in [0.4, 0.5) is 10.5 Å². The number of hydrogen-bond donors (Lipinski definition) is 1. The second-order valence-electron chi connectivity index (χ2n) is 2.76. The van der Waals surface area contributed by atoms with Crippen molar-refractivity contribution in [1.82, 2.24) is 0 Å². The summed E-state index contributed by atoms with van der Waals surface area (Å²) in [6, 6.07) is 3.09. The summed E-state index contributed by atoms with van der Waals surface area (Å²) in [4.78, 5) is 11.7. The highest BCUT2D eigenvalue weighted by atomic mass is 35.5. The molecule has 82 valence electrons. The number of amides is 1. The maximum Gasteiger partial charge on any atom is 0.411 e. The summed E-state index contributed by atoms with van der Waals surface area (Å²) in [5, 5.41) is 9.12. The molecule has 0 fully saturated rings. The molecule has 1 N–H and O–H groups in total. The van der Waals surface area contributed by atoms with Gasteiger partial charge in [-0.05, 0) is 12.1 Å². The number of carbonyl (C=O) groups is 1. The van der Waals surface area contributed by atoms with Gasteiger partial charge in [0, 0.05) is 7.05 Å². The Morgan fingerprint density at radius 1 is 1.40 bits per heavy atom. The predicted molar refractivity (Wildman–Crippen MR) is 59.4 cm³/mol. The molecule has 1 amide bonds. The average Bonchev–Trinajstić information content (AvgIpc) is 2.21. The number of rotatable bonds is 2. The highest BCUT2D eigenvalue weighted by Gasteiger charge is 2.16. The van der Waals surface area contributed by atoms with E-state index in [9.17, 15) is 4.79 Å². The third-order valence-electron chi connectivity index (χ3n) is 1.89. The Kier molecular flexibility index (Phi) is 3.66. The fourth-order valence-corrected chi connectivity index (χ4v) is 1.56. The second-order valence-corrected chi connectivity index (χ2v) is 3.51. The van der Waals surface area contributed by atoms with Gasteiger partial charge in [-0.15, -0.1) is 0 Å². The lowest BCUT2D eigenvalue weighted by molar-refractivity contribution is 0.203. The van der Waals surface area contributed by atoms with Crippen LogP contribution in [-0.4, -0.2) is 25.4 Å². The van der Waals surface area contributed by atoms with E-state index in [-0.39, 0.29) is 10.0 Å². The van der Waals surface area contributed by atoms with Crippen LogP contribution in [0.25, 0.3) is 0 Å². The van der Waals surface area contributed by atoms with Crippen LogP contribution in [-0.2, 0) is 0 Å². The van der Waals surface area contributed by atoms with Crippen molar-refractivity contribution in [1.29, 1.82) is 0 Å². The topological polar surface area (TPSA) is 49.8 Å². The van der Waals surface area contributed by atoms with E-state index in [1.807, 2.05) is 0 Å². The molecule has 6 heteroatoms. The molecule has 1 aromatic carbocycles. The van der Waals surface area contributed by atoms with Gasteiger partial charge in [-0.2, -0.15) is 0 Å². The van der Waals surface area contributed by atoms with Crippen LogP contribution in [0.1, 0.15) is 0 Å². The van der Waals surface area contributed by atoms with Gasteiger partial charge in [0.25, 0.3) is 0 Å². The third kappa shape index (κ3) is 2.27. The van der Waals surface area contributed by atoms with Crippen LogP contribution >= 0.6 is 23.2 Å². The molecule has 0 aliphatic heterocycles. The minimum Gasteiger partial charge on any atom is -0.495 e. The largest absolute Gasteiger partial charge is 0.495 e. The van der Waals surface area contributed by atoms with Gasteiger partial charge in [-0.25, -0.2) is 4.79 Å². The third-order valence-corrected chi connectivity index (χ3v) is 2.75. The minimum absolute atomic E-state index is 0.154.